The van der Waals surface area contributed by atoms with Gasteiger partial charge in [-0.25, -0.2) is 4.98 Å². The maximum atomic E-state index is 6.07. The van der Waals surface area contributed by atoms with Gasteiger partial charge in [-0.3, -0.25) is 0 Å². The first kappa shape index (κ1) is 12.1. The van der Waals surface area contributed by atoms with Crippen LogP contribution in [0.5, 0.6) is 0 Å². The molecule has 0 amide bonds. The van der Waals surface area contributed by atoms with Crippen molar-refractivity contribution in [1.29, 1.82) is 0 Å². The summed E-state index contributed by atoms with van der Waals surface area (Å²) in [6.07, 6.45) is 1.59. The van der Waals surface area contributed by atoms with E-state index >= 15 is 0 Å². The van der Waals surface area contributed by atoms with E-state index < -0.39 is 0 Å². The van der Waals surface area contributed by atoms with Crippen molar-refractivity contribution >= 4 is 45.0 Å². The molecule has 0 aliphatic rings. The summed E-state index contributed by atoms with van der Waals surface area (Å²) < 4.78 is 0.914. The molecule has 17 heavy (non-hydrogen) atoms. The van der Waals surface area contributed by atoms with Crippen molar-refractivity contribution in [2.45, 2.75) is 6.92 Å². The van der Waals surface area contributed by atoms with Crippen LogP contribution in [0.2, 0.25) is 5.02 Å². The number of nitrogens with zero attached hydrogens (tertiary/aromatic N) is 2. The number of halogens is 2. The molecule has 2 rings (SSSR count). The molecular formula is C11H10BrClN4. The number of aromatic nitrogens is 2. The monoisotopic (exact) mass is 312 g/mol. The average molecular weight is 314 g/mol. The standard InChI is InChI=1S/C11H10BrClN4/c1-6-4-7(12)9(5-8(6)13)16-10-2-3-15-11(14)17-10/h2-5H,1H3,(H3,14,15,16,17). The van der Waals surface area contributed by atoms with Crippen LogP contribution in [0.3, 0.4) is 0 Å². The fraction of sp³-hybridized carbons (Fsp3) is 0.0909. The van der Waals surface area contributed by atoms with Crippen LogP contribution in [0.25, 0.3) is 0 Å². The first-order chi connectivity index (χ1) is 8.06. The fourth-order valence-electron chi connectivity index (χ4n) is 1.32. The molecule has 0 spiro atoms. The maximum Gasteiger partial charge on any atom is 0.221 e. The Morgan fingerprint density at radius 1 is 1.41 bits per heavy atom. The maximum absolute atomic E-state index is 6.07. The zero-order valence-electron chi connectivity index (χ0n) is 9.04. The molecular weight excluding hydrogens is 304 g/mol. The van der Waals surface area contributed by atoms with Gasteiger partial charge in [-0.2, -0.15) is 4.98 Å². The molecule has 1 heterocycles. The third-order valence-electron chi connectivity index (χ3n) is 2.19. The summed E-state index contributed by atoms with van der Waals surface area (Å²) in [7, 11) is 0. The van der Waals surface area contributed by atoms with Gasteiger partial charge in [0.15, 0.2) is 0 Å². The van der Waals surface area contributed by atoms with Gasteiger partial charge in [0.05, 0.1) is 5.69 Å². The molecule has 1 aromatic heterocycles. The molecule has 2 aromatic rings. The van der Waals surface area contributed by atoms with Crippen LogP contribution in [-0.4, -0.2) is 9.97 Å². The molecule has 0 aliphatic carbocycles. The Kier molecular flexibility index (Phi) is 3.49. The zero-order valence-corrected chi connectivity index (χ0v) is 11.4. The Hall–Kier alpha value is -1.33. The number of nitrogen functional groups attached to an aromatic ring is 1. The highest BCUT2D eigenvalue weighted by molar-refractivity contribution is 9.10. The quantitative estimate of drug-likeness (QED) is 0.890. The van der Waals surface area contributed by atoms with E-state index in [-0.39, 0.29) is 5.95 Å². The molecule has 4 nitrogen and oxygen atoms in total. The second kappa shape index (κ2) is 4.89. The van der Waals surface area contributed by atoms with Gasteiger partial charge in [0.1, 0.15) is 5.82 Å². The normalized spacial score (nSPS) is 10.3. The predicted octanol–water partition coefficient (Wildman–Crippen LogP) is 3.53. The highest BCUT2D eigenvalue weighted by Gasteiger charge is 2.05. The second-order valence-electron chi connectivity index (χ2n) is 3.51. The first-order valence-electron chi connectivity index (χ1n) is 4.87. The Morgan fingerprint density at radius 2 is 2.18 bits per heavy atom. The highest BCUT2D eigenvalue weighted by atomic mass is 79.9. The van der Waals surface area contributed by atoms with Crippen LogP contribution in [0.15, 0.2) is 28.9 Å². The summed E-state index contributed by atoms with van der Waals surface area (Å²) in [5, 5.41) is 3.81. The highest BCUT2D eigenvalue weighted by Crippen LogP contribution is 2.30. The third-order valence-corrected chi connectivity index (χ3v) is 3.25. The van der Waals surface area contributed by atoms with Gasteiger partial charge in [0.2, 0.25) is 5.95 Å². The SMILES string of the molecule is Cc1cc(Br)c(Nc2ccnc(N)n2)cc1Cl. The fourth-order valence-corrected chi connectivity index (χ4v) is 2.04. The van der Waals surface area contributed by atoms with E-state index in [0.29, 0.717) is 10.8 Å². The summed E-state index contributed by atoms with van der Waals surface area (Å²) in [4.78, 5) is 7.88. The van der Waals surface area contributed by atoms with Crippen molar-refractivity contribution < 1.29 is 0 Å². The lowest BCUT2D eigenvalue weighted by Crippen LogP contribution is -1.99. The zero-order chi connectivity index (χ0) is 12.4. The average Bonchev–Trinajstić information content (AvgIpc) is 2.26. The summed E-state index contributed by atoms with van der Waals surface area (Å²) in [5.41, 5.74) is 7.34. The number of nitrogens with two attached hydrogens (primary N) is 1. The Balaban J connectivity index is 2.33. The molecule has 0 atom stereocenters. The topological polar surface area (TPSA) is 63.8 Å². The molecule has 0 unspecified atom stereocenters. The molecule has 6 heteroatoms. The summed E-state index contributed by atoms with van der Waals surface area (Å²) in [6.45, 7) is 1.94. The van der Waals surface area contributed by atoms with E-state index in [4.69, 9.17) is 17.3 Å². The Morgan fingerprint density at radius 3 is 2.88 bits per heavy atom. The van der Waals surface area contributed by atoms with E-state index in [2.05, 4.69) is 31.2 Å². The second-order valence-corrected chi connectivity index (χ2v) is 4.77. The van der Waals surface area contributed by atoms with Crippen LogP contribution in [0, 0.1) is 6.92 Å². The van der Waals surface area contributed by atoms with Gasteiger partial charge in [-0.05, 0) is 46.6 Å². The third kappa shape index (κ3) is 2.87. The van der Waals surface area contributed by atoms with Crippen LogP contribution in [0.1, 0.15) is 5.56 Å². The van der Waals surface area contributed by atoms with Crippen LogP contribution in [0.4, 0.5) is 17.5 Å². The van der Waals surface area contributed by atoms with Gasteiger partial charge in [0, 0.05) is 15.7 Å². The number of anilines is 3. The van der Waals surface area contributed by atoms with Gasteiger partial charge in [0.25, 0.3) is 0 Å². The van der Waals surface area contributed by atoms with Crippen molar-refractivity contribution in [2.24, 2.45) is 0 Å². The Bertz CT molecular complexity index is 559. The van der Waals surface area contributed by atoms with Crippen molar-refractivity contribution in [3.63, 3.8) is 0 Å². The van der Waals surface area contributed by atoms with Crippen LogP contribution < -0.4 is 11.1 Å². The molecule has 0 bridgehead atoms. The van der Waals surface area contributed by atoms with Crippen molar-refractivity contribution in [2.75, 3.05) is 11.1 Å². The van der Waals surface area contributed by atoms with E-state index in [1.165, 1.54) is 0 Å². The lowest BCUT2D eigenvalue weighted by atomic mass is 10.2. The van der Waals surface area contributed by atoms with E-state index in [0.717, 1.165) is 15.7 Å². The minimum absolute atomic E-state index is 0.226. The molecule has 0 fully saturated rings. The minimum Gasteiger partial charge on any atom is -0.368 e. The largest absolute Gasteiger partial charge is 0.368 e. The number of aryl methyl sites for hydroxylation is 1. The molecule has 0 saturated carbocycles. The summed E-state index contributed by atoms with van der Waals surface area (Å²) >= 11 is 9.53. The first-order valence-corrected chi connectivity index (χ1v) is 6.04. The van der Waals surface area contributed by atoms with E-state index in [1.54, 1.807) is 12.3 Å². The van der Waals surface area contributed by atoms with E-state index in [9.17, 15) is 0 Å². The van der Waals surface area contributed by atoms with Crippen LogP contribution in [-0.2, 0) is 0 Å². The molecule has 0 saturated heterocycles. The lowest BCUT2D eigenvalue weighted by Gasteiger charge is -2.09. The minimum atomic E-state index is 0.226. The molecule has 0 radical (unpaired) electrons. The number of nitrogens with one attached hydrogen (secondary N) is 1. The van der Waals surface area contributed by atoms with E-state index in [1.807, 2.05) is 19.1 Å². The van der Waals surface area contributed by atoms with Gasteiger partial charge < -0.3 is 11.1 Å². The molecule has 1 aromatic carbocycles. The summed E-state index contributed by atoms with van der Waals surface area (Å²) in [6, 6.07) is 5.51. The van der Waals surface area contributed by atoms with Crippen molar-refractivity contribution in [3.05, 3.63) is 39.5 Å². The molecule has 88 valence electrons. The smallest absolute Gasteiger partial charge is 0.221 e. The van der Waals surface area contributed by atoms with Gasteiger partial charge in [-0.15, -0.1) is 0 Å². The number of hydrogen-bond donors (Lipinski definition) is 2. The lowest BCUT2D eigenvalue weighted by molar-refractivity contribution is 1.18. The molecule has 0 aliphatic heterocycles. The number of hydrogen-bond acceptors (Lipinski definition) is 4. The van der Waals surface area contributed by atoms with Crippen molar-refractivity contribution in [1.82, 2.24) is 9.97 Å². The van der Waals surface area contributed by atoms with Crippen molar-refractivity contribution in [3.8, 4) is 0 Å². The number of rotatable bonds is 2. The van der Waals surface area contributed by atoms with Gasteiger partial charge in [-0.1, -0.05) is 11.6 Å². The Labute approximate surface area is 112 Å². The van der Waals surface area contributed by atoms with Gasteiger partial charge >= 0.3 is 0 Å². The predicted molar refractivity (Wildman–Crippen MR) is 73.6 cm³/mol. The number of benzene rings is 1. The molecule has 3 N–H and O–H groups in total. The van der Waals surface area contributed by atoms with Crippen LogP contribution >= 0.6 is 27.5 Å². The summed E-state index contributed by atoms with van der Waals surface area (Å²) in [5.74, 6) is 0.849.